The second-order valence-electron chi connectivity index (χ2n) is 9.32. The fraction of sp³-hybridized carbons (Fsp3) is 0.360. The highest BCUT2D eigenvalue weighted by Gasteiger charge is 2.43. The molecule has 0 spiro atoms. The zero-order valence-corrected chi connectivity index (χ0v) is 18.6. The summed E-state index contributed by atoms with van der Waals surface area (Å²) in [7, 11) is 0. The molecule has 2 N–H and O–H groups in total. The lowest BCUT2D eigenvalue weighted by atomic mass is 9.93. The first-order chi connectivity index (χ1) is 16.5. The fourth-order valence-corrected chi connectivity index (χ4v) is 5.35. The highest BCUT2D eigenvalue weighted by Crippen LogP contribution is 2.37. The maximum Gasteiger partial charge on any atom is 0.251 e. The second-order valence-corrected chi connectivity index (χ2v) is 9.32. The average Bonchev–Trinajstić information content (AvgIpc) is 3.17. The summed E-state index contributed by atoms with van der Waals surface area (Å²) in [4.78, 5) is 27.3. The number of likely N-dealkylation sites (tertiary alicyclic amines) is 1. The van der Waals surface area contributed by atoms with E-state index in [9.17, 15) is 14.3 Å². The quantitative estimate of drug-likeness (QED) is 0.470. The van der Waals surface area contributed by atoms with Gasteiger partial charge < -0.3 is 15.0 Å². The first-order valence-electron chi connectivity index (χ1n) is 11.6. The van der Waals surface area contributed by atoms with Gasteiger partial charge in [0.15, 0.2) is 0 Å². The molecule has 5 heterocycles. The third-order valence-electron chi connectivity index (χ3n) is 7.04. The SMILES string of the molecule is O=c1ccc2ncc(F)c3c2n1C[C@@]3(O)CN1CCC(NCc2ccc3nccnc3c2)CC1. The molecule has 2 aliphatic rings. The number of piperidine rings is 1. The van der Waals surface area contributed by atoms with Crippen LogP contribution in [-0.2, 0) is 18.7 Å². The molecule has 0 saturated carbocycles. The Morgan fingerprint density at radius 3 is 2.65 bits per heavy atom. The highest BCUT2D eigenvalue weighted by atomic mass is 19.1. The van der Waals surface area contributed by atoms with Crippen LogP contribution in [0.3, 0.4) is 0 Å². The zero-order chi connectivity index (χ0) is 23.3. The zero-order valence-electron chi connectivity index (χ0n) is 18.6. The number of benzene rings is 1. The summed E-state index contributed by atoms with van der Waals surface area (Å²) < 4.78 is 16.2. The van der Waals surface area contributed by atoms with Crippen LogP contribution in [-0.4, -0.2) is 55.2 Å². The van der Waals surface area contributed by atoms with Crippen molar-refractivity contribution in [2.24, 2.45) is 0 Å². The van der Waals surface area contributed by atoms with E-state index in [0.29, 0.717) is 17.1 Å². The van der Waals surface area contributed by atoms with Crippen LogP contribution < -0.4 is 10.9 Å². The molecule has 1 aromatic carbocycles. The second kappa shape index (κ2) is 8.19. The van der Waals surface area contributed by atoms with Crippen molar-refractivity contribution in [3.63, 3.8) is 0 Å². The van der Waals surface area contributed by atoms with Crippen LogP contribution in [0.2, 0.25) is 0 Å². The third-order valence-corrected chi connectivity index (χ3v) is 7.04. The number of aromatic nitrogens is 4. The van der Waals surface area contributed by atoms with Crippen molar-refractivity contribution in [3.8, 4) is 0 Å². The Morgan fingerprint density at radius 2 is 1.82 bits per heavy atom. The molecule has 0 bridgehead atoms. The van der Waals surface area contributed by atoms with Gasteiger partial charge in [0.2, 0.25) is 0 Å². The summed E-state index contributed by atoms with van der Waals surface area (Å²) in [6, 6.07) is 9.48. The van der Waals surface area contributed by atoms with E-state index in [1.807, 2.05) is 6.07 Å². The van der Waals surface area contributed by atoms with Crippen molar-refractivity contribution in [2.45, 2.75) is 37.6 Å². The van der Waals surface area contributed by atoms with E-state index in [1.54, 1.807) is 18.5 Å². The van der Waals surface area contributed by atoms with Gasteiger partial charge in [-0.05, 0) is 49.7 Å². The van der Waals surface area contributed by atoms with Crippen LogP contribution in [0.25, 0.3) is 22.1 Å². The third kappa shape index (κ3) is 3.66. The largest absolute Gasteiger partial charge is 0.382 e. The first kappa shape index (κ1) is 21.3. The van der Waals surface area contributed by atoms with Crippen LogP contribution in [0, 0.1) is 5.82 Å². The minimum absolute atomic E-state index is 0.0458. The number of halogens is 1. The summed E-state index contributed by atoms with van der Waals surface area (Å²) in [6.07, 6.45) is 6.37. The Morgan fingerprint density at radius 1 is 1.06 bits per heavy atom. The van der Waals surface area contributed by atoms with Gasteiger partial charge in [-0.2, -0.15) is 0 Å². The standard InChI is InChI=1S/C25H25FN6O2/c26-18-13-30-20-3-4-22(33)32-15-25(34,23(18)24(20)32)14-31-9-5-17(6-10-31)29-12-16-1-2-19-21(11-16)28-8-7-27-19/h1-4,7-8,11,13,17,29,34H,5-6,9-10,12,14-15H2/t25-/m0/s1. The molecule has 174 valence electrons. The Kier molecular flexibility index (Phi) is 5.13. The van der Waals surface area contributed by atoms with Gasteiger partial charge in [0.1, 0.15) is 11.4 Å². The van der Waals surface area contributed by atoms with Crippen molar-refractivity contribution < 1.29 is 9.50 Å². The molecule has 0 aliphatic carbocycles. The minimum atomic E-state index is -1.45. The average molecular weight is 461 g/mol. The fourth-order valence-electron chi connectivity index (χ4n) is 5.35. The van der Waals surface area contributed by atoms with Crippen molar-refractivity contribution >= 4 is 22.1 Å². The maximum atomic E-state index is 14.8. The molecule has 9 heteroatoms. The Balaban J connectivity index is 1.11. The lowest BCUT2D eigenvalue weighted by Gasteiger charge is -2.37. The van der Waals surface area contributed by atoms with Crippen LogP contribution in [0.5, 0.6) is 0 Å². The highest BCUT2D eigenvalue weighted by molar-refractivity contribution is 5.81. The van der Waals surface area contributed by atoms with Crippen molar-refractivity contribution in [3.05, 3.63) is 76.2 Å². The van der Waals surface area contributed by atoms with Gasteiger partial charge in [0.05, 0.1) is 40.4 Å². The summed E-state index contributed by atoms with van der Waals surface area (Å²) >= 11 is 0. The van der Waals surface area contributed by atoms with Gasteiger partial charge in [-0.15, -0.1) is 0 Å². The molecule has 8 nitrogen and oxygen atoms in total. The number of aliphatic hydroxyl groups is 1. The number of fused-ring (bicyclic) bond motifs is 1. The molecule has 6 rings (SSSR count). The van der Waals surface area contributed by atoms with Crippen molar-refractivity contribution in [2.75, 3.05) is 19.6 Å². The van der Waals surface area contributed by atoms with E-state index in [0.717, 1.165) is 55.3 Å². The van der Waals surface area contributed by atoms with Gasteiger partial charge in [-0.25, -0.2) is 4.39 Å². The van der Waals surface area contributed by atoms with Crippen molar-refractivity contribution in [1.82, 2.24) is 29.7 Å². The minimum Gasteiger partial charge on any atom is -0.382 e. The molecule has 0 amide bonds. The smallest absolute Gasteiger partial charge is 0.251 e. The number of hydrogen-bond acceptors (Lipinski definition) is 7. The van der Waals surface area contributed by atoms with Gasteiger partial charge >= 0.3 is 0 Å². The molecule has 0 radical (unpaired) electrons. The summed E-state index contributed by atoms with van der Waals surface area (Å²) in [6.45, 7) is 2.64. The normalized spacial score (nSPS) is 21.0. The predicted molar refractivity (Wildman–Crippen MR) is 126 cm³/mol. The Hall–Kier alpha value is -3.27. The molecule has 1 fully saturated rings. The number of β-amino-alcohol motifs (C(OH)–C–C–N with tert-alkyl or cyclic N) is 1. The number of nitrogens with zero attached hydrogens (tertiary/aromatic N) is 5. The van der Waals surface area contributed by atoms with Gasteiger partial charge in [-0.1, -0.05) is 6.07 Å². The summed E-state index contributed by atoms with van der Waals surface area (Å²) in [5.41, 5.74) is 2.35. The molecule has 1 saturated heterocycles. The molecular weight excluding hydrogens is 435 g/mol. The lowest BCUT2D eigenvalue weighted by Crippen LogP contribution is -2.48. The van der Waals surface area contributed by atoms with Crippen LogP contribution in [0.1, 0.15) is 24.0 Å². The van der Waals surface area contributed by atoms with E-state index in [1.165, 1.54) is 10.6 Å². The van der Waals surface area contributed by atoms with Crippen LogP contribution in [0.4, 0.5) is 4.39 Å². The summed E-state index contributed by atoms with van der Waals surface area (Å²) in [5.74, 6) is -0.566. The Labute approximate surface area is 195 Å². The number of hydrogen-bond donors (Lipinski definition) is 2. The number of pyridine rings is 2. The van der Waals surface area contributed by atoms with Gasteiger partial charge in [-0.3, -0.25) is 24.6 Å². The number of nitrogens with one attached hydrogen (secondary N) is 1. The first-order valence-corrected chi connectivity index (χ1v) is 11.6. The molecule has 4 aromatic rings. The Bertz CT molecular complexity index is 1450. The van der Waals surface area contributed by atoms with E-state index < -0.39 is 11.4 Å². The maximum absolute atomic E-state index is 14.8. The molecule has 0 unspecified atom stereocenters. The molecule has 1 atom stereocenters. The van der Waals surface area contributed by atoms with E-state index in [-0.39, 0.29) is 24.2 Å². The number of rotatable bonds is 5. The van der Waals surface area contributed by atoms with Crippen molar-refractivity contribution in [1.29, 1.82) is 0 Å². The van der Waals surface area contributed by atoms with E-state index >= 15 is 0 Å². The molecule has 3 aromatic heterocycles. The molecule has 2 aliphatic heterocycles. The predicted octanol–water partition coefficient (Wildman–Crippen LogP) is 1.93. The van der Waals surface area contributed by atoms with E-state index in [4.69, 9.17) is 0 Å². The molecule has 34 heavy (non-hydrogen) atoms. The lowest BCUT2D eigenvalue weighted by molar-refractivity contribution is -0.0159. The van der Waals surface area contributed by atoms with Crippen LogP contribution >= 0.6 is 0 Å². The monoisotopic (exact) mass is 460 g/mol. The topological polar surface area (TPSA) is 96.2 Å². The van der Waals surface area contributed by atoms with E-state index in [2.05, 4.69) is 37.3 Å². The summed E-state index contributed by atoms with van der Waals surface area (Å²) in [5, 5.41) is 15.1. The van der Waals surface area contributed by atoms with Gasteiger partial charge in [0, 0.05) is 37.6 Å². The van der Waals surface area contributed by atoms with Gasteiger partial charge in [0.25, 0.3) is 5.56 Å². The molecular formula is C25H25FN6O2. The van der Waals surface area contributed by atoms with Crippen LogP contribution in [0.15, 0.2) is 53.7 Å².